The lowest BCUT2D eigenvalue weighted by atomic mass is 10.2. The predicted octanol–water partition coefficient (Wildman–Crippen LogP) is 3.91. The normalized spacial score (nSPS) is 9.75. The fourth-order valence-corrected chi connectivity index (χ4v) is 2.59. The second kappa shape index (κ2) is 7.54. The van der Waals surface area contributed by atoms with Crippen LogP contribution >= 0.6 is 27.7 Å². The summed E-state index contributed by atoms with van der Waals surface area (Å²) in [4.78, 5) is 12.6. The Bertz CT molecular complexity index is 395. The number of rotatable bonds is 6. The van der Waals surface area contributed by atoms with Crippen molar-refractivity contribution < 1.29 is 4.79 Å². The van der Waals surface area contributed by atoms with Gasteiger partial charge in [0.1, 0.15) is 5.78 Å². The number of unbranched alkanes of at least 4 members (excludes halogenated alkanes) is 1. The molecule has 1 aromatic rings. The van der Waals surface area contributed by atoms with Crippen LogP contribution in [0.3, 0.4) is 0 Å². The summed E-state index contributed by atoms with van der Waals surface area (Å²) in [6.45, 7) is 0. The molecule has 84 valence electrons. The van der Waals surface area contributed by atoms with Crippen molar-refractivity contribution in [3.8, 4) is 12.3 Å². The highest BCUT2D eigenvalue weighted by atomic mass is 79.9. The van der Waals surface area contributed by atoms with E-state index in [9.17, 15) is 4.79 Å². The van der Waals surface area contributed by atoms with Crippen molar-refractivity contribution in [2.75, 3.05) is 5.75 Å². The zero-order valence-electron chi connectivity index (χ0n) is 8.91. The third-order valence-electron chi connectivity index (χ3n) is 1.97. The molecule has 0 unspecified atom stereocenters. The largest absolute Gasteiger partial charge is 0.299 e. The molecular weight excluding hydrogens is 284 g/mol. The number of carbonyl (C=O) groups is 1. The fourth-order valence-electron chi connectivity index (χ4n) is 1.18. The van der Waals surface area contributed by atoms with Crippen molar-refractivity contribution in [1.29, 1.82) is 0 Å². The molecule has 0 heterocycles. The Hall–Kier alpha value is -0.720. The zero-order valence-corrected chi connectivity index (χ0v) is 11.3. The molecule has 0 saturated heterocycles. The Morgan fingerprint density at radius 3 is 3.00 bits per heavy atom. The van der Waals surface area contributed by atoms with Crippen LogP contribution in [-0.2, 0) is 4.79 Å². The summed E-state index contributed by atoms with van der Waals surface area (Å²) in [5, 5.41) is 0. The zero-order chi connectivity index (χ0) is 11.8. The Morgan fingerprint density at radius 1 is 1.50 bits per heavy atom. The van der Waals surface area contributed by atoms with Crippen LogP contribution in [0.15, 0.2) is 33.6 Å². The van der Waals surface area contributed by atoms with E-state index in [0.717, 1.165) is 15.8 Å². The highest BCUT2D eigenvalue weighted by Gasteiger charge is 2.03. The molecule has 0 aliphatic carbocycles. The highest BCUT2D eigenvalue weighted by molar-refractivity contribution is 9.10. The summed E-state index contributed by atoms with van der Waals surface area (Å²) in [5.41, 5.74) is 0. The van der Waals surface area contributed by atoms with Crippen LogP contribution in [0.5, 0.6) is 0 Å². The number of Topliss-reactive ketones (excluding diaryl/α,β-unsaturated/α-hetero) is 1. The van der Waals surface area contributed by atoms with Crippen molar-refractivity contribution in [2.45, 2.75) is 24.2 Å². The van der Waals surface area contributed by atoms with Gasteiger partial charge in [0, 0.05) is 22.2 Å². The molecule has 0 saturated carbocycles. The van der Waals surface area contributed by atoms with E-state index in [1.165, 1.54) is 0 Å². The van der Waals surface area contributed by atoms with Gasteiger partial charge in [0.05, 0.1) is 5.75 Å². The first-order valence-electron chi connectivity index (χ1n) is 5.06. The van der Waals surface area contributed by atoms with Crippen LogP contribution in [0.4, 0.5) is 0 Å². The van der Waals surface area contributed by atoms with Crippen LogP contribution in [0.1, 0.15) is 19.3 Å². The predicted molar refractivity (Wildman–Crippen MR) is 72.6 cm³/mol. The maximum Gasteiger partial charge on any atom is 0.143 e. The number of benzene rings is 1. The van der Waals surface area contributed by atoms with Gasteiger partial charge in [0.15, 0.2) is 0 Å². The minimum atomic E-state index is 0.264. The molecule has 0 bridgehead atoms. The standard InChI is InChI=1S/C13H13BrOS/c1-2-3-4-7-12(15)10-16-13-8-5-6-11(14)9-13/h1,5-6,8-9H,3-4,7,10H2. The minimum Gasteiger partial charge on any atom is -0.299 e. The van der Waals surface area contributed by atoms with Crippen LogP contribution < -0.4 is 0 Å². The summed E-state index contributed by atoms with van der Waals surface area (Å²) in [5.74, 6) is 3.33. The van der Waals surface area contributed by atoms with Gasteiger partial charge in [-0.15, -0.1) is 24.1 Å². The summed E-state index contributed by atoms with van der Waals surface area (Å²) >= 11 is 4.97. The number of carbonyl (C=O) groups excluding carboxylic acids is 1. The van der Waals surface area contributed by atoms with Crippen molar-refractivity contribution >= 4 is 33.5 Å². The maximum atomic E-state index is 11.5. The minimum absolute atomic E-state index is 0.264. The van der Waals surface area contributed by atoms with Crippen molar-refractivity contribution in [1.82, 2.24) is 0 Å². The SMILES string of the molecule is C#CCCCC(=O)CSc1cccc(Br)c1. The van der Waals surface area contributed by atoms with Crippen LogP contribution in [-0.4, -0.2) is 11.5 Å². The van der Waals surface area contributed by atoms with E-state index in [-0.39, 0.29) is 5.78 Å². The van der Waals surface area contributed by atoms with E-state index >= 15 is 0 Å². The lowest BCUT2D eigenvalue weighted by Crippen LogP contribution is -2.00. The molecule has 1 aromatic carbocycles. The molecular formula is C13H13BrOS. The highest BCUT2D eigenvalue weighted by Crippen LogP contribution is 2.22. The fraction of sp³-hybridized carbons (Fsp3) is 0.308. The van der Waals surface area contributed by atoms with Crippen molar-refractivity contribution in [3.63, 3.8) is 0 Å². The van der Waals surface area contributed by atoms with Gasteiger partial charge in [-0.05, 0) is 24.6 Å². The first-order valence-corrected chi connectivity index (χ1v) is 6.84. The van der Waals surface area contributed by atoms with Crippen LogP contribution in [0.25, 0.3) is 0 Å². The van der Waals surface area contributed by atoms with Gasteiger partial charge in [-0.1, -0.05) is 22.0 Å². The van der Waals surface area contributed by atoms with Gasteiger partial charge in [0.25, 0.3) is 0 Å². The molecule has 0 amide bonds. The molecule has 0 radical (unpaired) electrons. The summed E-state index contributed by atoms with van der Waals surface area (Å²) in [6, 6.07) is 7.96. The number of ketones is 1. The summed E-state index contributed by atoms with van der Waals surface area (Å²) in [7, 11) is 0. The van der Waals surface area contributed by atoms with Crippen LogP contribution in [0, 0.1) is 12.3 Å². The molecule has 0 spiro atoms. The first-order chi connectivity index (χ1) is 7.72. The Labute approximate surface area is 109 Å². The van der Waals surface area contributed by atoms with E-state index in [4.69, 9.17) is 6.42 Å². The second-order valence-corrected chi connectivity index (χ2v) is 5.31. The number of hydrogen-bond acceptors (Lipinski definition) is 2. The van der Waals surface area contributed by atoms with Gasteiger partial charge >= 0.3 is 0 Å². The van der Waals surface area contributed by atoms with Crippen molar-refractivity contribution in [3.05, 3.63) is 28.7 Å². The smallest absolute Gasteiger partial charge is 0.143 e. The van der Waals surface area contributed by atoms with E-state index in [0.29, 0.717) is 18.6 Å². The first kappa shape index (κ1) is 13.3. The van der Waals surface area contributed by atoms with Gasteiger partial charge in [-0.3, -0.25) is 4.79 Å². The molecule has 0 aromatic heterocycles. The lowest BCUT2D eigenvalue weighted by molar-refractivity contribution is -0.116. The Morgan fingerprint density at radius 2 is 2.31 bits per heavy atom. The van der Waals surface area contributed by atoms with E-state index in [2.05, 4.69) is 21.9 Å². The van der Waals surface area contributed by atoms with Crippen LogP contribution in [0.2, 0.25) is 0 Å². The molecule has 0 aliphatic rings. The molecule has 1 nitrogen and oxygen atoms in total. The van der Waals surface area contributed by atoms with E-state index < -0.39 is 0 Å². The topological polar surface area (TPSA) is 17.1 Å². The van der Waals surface area contributed by atoms with Crippen molar-refractivity contribution in [2.24, 2.45) is 0 Å². The summed E-state index contributed by atoms with van der Waals surface area (Å²) in [6.07, 6.45) is 7.20. The molecule has 0 N–H and O–H groups in total. The third-order valence-corrected chi connectivity index (χ3v) is 3.52. The Kier molecular flexibility index (Phi) is 6.29. The monoisotopic (exact) mass is 296 g/mol. The molecule has 16 heavy (non-hydrogen) atoms. The van der Waals surface area contributed by atoms with Gasteiger partial charge in [-0.2, -0.15) is 0 Å². The molecule has 0 atom stereocenters. The molecule has 1 rings (SSSR count). The quantitative estimate of drug-likeness (QED) is 0.450. The number of thioether (sulfide) groups is 1. The van der Waals surface area contributed by atoms with E-state index in [1.807, 2.05) is 24.3 Å². The number of halogens is 1. The Balaban J connectivity index is 2.29. The lowest BCUT2D eigenvalue weighted by Gasteiger charge is -2.01. The summed E-state index contributed by atoms with van der Waals surface area (Å²) < 4.78 is 1.04. The average Bonchev–Trinajstić information content (AvgIpc) is 2.27. The third kappa shape index (κ3) is 5.39. The number of terminal acetylenes is 1. The molecule has 3 heteroatoms. The molecule has 0 aliphatic heterocycles. The van der Waals surface area contributed by atoms with E-state index in [1.54, 1.807) is 11.8 Å². The maximum absolute atomic E-state index is 11.5. The average molecular weight is 297 g/mol. The number of hydrogen-bond donors (Lipinski definition) is 0. The van der Waals surface area contributed by atoms with Gasteiger partial charge in [0.2, 0.25) is 0 Å². The molecule has 0 fully saturated rings. The second-order valence-electron chi connectivity index (χ2n) is 3.34. The van der Waals surface area contributed by atoms with Gasteiger partial charge in [-0.25, -0.2) is 0 Å². The van der Waals surface area contributed by atoms with Gasteiger partial charge < -0.3 is 0 Å².